The van der Waals surface area contributed by atoms with Crippen molar-refractivity contribution < 1.29 is 0 Å². The number of nitrogens with two attached hydrogens (primary N) is 2. The van der Waals surface area contributed by atoms with Gasteiger partial charge in [0.15, 0.2) is 0 Å². The van der Waals surface area contributed by atoms with Crippen molar-refractivity contribution in [3.05, 3.63) is 88.5 Å². The molecule has 25 heavy (non-hydrogen) atoms. The predicted molar refractivity (Wildman–Crippen MR) is 107 cm³/mol. The van der Waals surface area contributed by atoms with E-state index in [-0.39, 0.29) is 0 Å². The van der Waals surface area contributed by atoms with Crippen molar-refractivity contribution in [2.45, 2.75) is 38.6 Å². The summed E-state index contributed by atoms with van der Waals surface area (Å²) in [6, 6.07) is 17.5. The zero-order chi connectivity index (χ0) is 17.6. The van der Waals surface area contributed by atoms with Crippen LogP contribution in [0.4, 0.5) is 0 Å². The van der Waals surface area contributed by atoms with E-state index in [1.807, 2.05) is 6.07 Å². The van der Waals surface area contributed by atoms with Crippen molar-refractivity contribution in [2.24, 2.45) is 11.5 Å². The fourth-order valence-electron chi connectivity index (χ4n) is 3.52. The van der Waals surface area contributed by atoms with Crippen LogP contribution in [-0.4, -0.2) is 12.6 Å². The summed E-state index contributed by atoms with van der Waals surface area (Å²) in [4.78, 5) is 0. The van der Waals surface area contributed by atoms with E-state index in [4.69, 9.17) is 11.5 Å². The minimum absolute atomic E-state index is 0.367. The first-order valence-electron chi connectivity index (χ1n) is 9.14. The first kappa shape index (κ1) is 17.7. The molecule has 4 rings (SSSR count). The summed E-state index contributed by atoms with van der Waals surface area (Å²) in [7, 11) is 0. The van der Waals surface area contributed by atoms with Gasteiger partial charge < -0.3 is 11.5 Å². The maximum absolute atomic E-state index is 5.84. The molecule has 2 aromatic rings. The van der Waals surface area contributed by atoms with Crippen LogP contribution in [0.5, 0.6) is 0 Å². The SMILES string of the molecule is Cc1ccc2c(c1)CC(N)C2.NCC1=CC=C(c2ccccc2)CC1. The second kappa shape index (κ2) is 8.28. The van der Waals surface area contributed by atoms with Gasteiger partial charge in [-0.05, 0) is 54.9 Å². The van der Waals surface area contributed by atoms with Gasteiger partial charge in [-0.1, -0.05) is 71.8 Å². The summed E-state index contributed by atoms with van der Waals surface area (Å²) in [6.07, 6.45) is 8.71. The molecule has 0 saturated heterocycles. The Hall–Kier alpha value is -2.16. The van der Waals surface area contributed by atoms with Crippen LogP contribution in [0.1, 0.15) is 35.1 Å². The normalized spacial score (nSPS) is 18.6. The lowest BCUT2D eigenvalue weighted by molar-refractivity contribution is 0.721. The fourth-order valence-corrected chi connectivity index (χ4v) is 3.52. The van der Waals surface area contributed by atoms with E-state index >= 15 is 0 Å². The first-order valence-corrected chi connectivity index (χ1v) is 9.14. The van der Waals surface area contributed by atoms with Crippen LogP contribution in [0, 0.1) is 6.92 Å². The van der Waals surface area contributed by atoms with Gasteiger partial charge in [-0.2, -0.15) is 0 Å². The number of benzene rings is 2. The smallest absolute Gasteiger partial charge is 0.0140 e. The van der Waals surface area contributed by atoms with Gasteiger partial charge in [-0.15, -0.1) is 0 Å². The maximum atomic E-state index is 5.84. The second-order valence-corrected chi connectivity index (χ2v) is 7.03. The van der Waals surface area contributed by atoms with Gasteiger partial charge in [-0.3, -0.25) is 0 Å². The Kier molecular flexibility index (Phi) is 5.85. The molecule has 2 aliphatic rings. The minimum atomic E-state index is 0.367. The molecule has 0 amide bonds. The van der Waals surface area contributed by atoms with Crippen molar-refractivity contribution in [1.82, 2.24) is 0 Å². The maximum Gasteiger partial charge on any atom is 0.0140 e. The molecule has 2 aromatic carbocycles. The second-order valence-electron chi connectivity index (χ2n) is 7.03. The highest BCUT2D eigenvalue weighted by Gasteiger charge is 2.16. The highest BCUT2D eigenvalue weighted by Crippen LogP contribution is 2.25. The lowest BCUT2D eigenvalue weighted by Gasteiger charge is -2.13. The third kappa shape index (κ3) is 4.68. The molecule has 0 radical (unpaired) electrons. The highest BCUT2D eigenvalue weighted by molar-refractivity contribution is 5.68. The summed E-state index contributed by atoms with van der Waals surface area (Å²) >= 11 is 0. The molecule has 1 atom stereocenters. The van der Waals surface area contributed by atoms with E-state index in [1.165, 1.54) is 33.4 Å². The zero-order valence-electron chi connectivity index (χ0n) is 15.0. The summed E-state index contributed by atoms with van der Waals surface area (Å²) < 4.78 is 0. The van der Waals surface area contributed by atoms with Gasteiger partial charge in [0, 0.05) is 12.6 Å². The molecule has 4 N–H and O–H groups in total. The first-order chi connectivity index (χ1) is 12.2. The molecular weight excluding hydrogens is 304 g/mol. The van der Waals surface area contributed by atoms with E-state index in [9.17, 15) is 0 Å². The van der Waals surface area contributed by atoms with Crippen LogP contribution >= 0.6 is 0 Å². The quantitative estimate of drug-likeness (QED) is 0.867. The summed E-state index contributed by atoms with van der Waals surface area (Å²) in [6.45, 7) is 2.82. The molecule has 0 aromatic heterocycles. The average molecular weight is 332 g/mol. The lowest BCUT2D eigenvalue weighted by Crippen LogP contribution is -2.18. The van der Waals surface area contributed by atoms with Gasteiger partial charge in [0.1, 0.15) is 0 Å². The number of allylic oxidation sites excluding steroid dienone is 3. The van der Waals surface area contributed by atoms with Crippen molar-refractivity contribution in [1.29, 1.82) is 0 Å². The van der Waals surface area contributed by atoms with E-state index in [1.54, 1.807) is 0 Å². The predicted octanol–water partition coefficient (Wildman–Crippen LogP) is 4.17. The number of hydrogen-bond acceptors (Lipinski definition) is 2. The summed E-state index contributed by atoms with van der Waals surface area (Å²) in [5.74, 6) is 0. The van der Waals surface area contributed by atoms with Crippen molar-refractivity contribution >= 4 is 5.57 Å². The zero-order valence-corrected chi connectivity index (χ0v) is 15.0. The van der Waals surface area contributed by atoms with Gasteiger partial charge in [-0.25, -0.2) is 0 Å². The van der Waals surface area contributed by atoms with Crippen LogP contribution < -0.4 is 11.5 Å². The highest BCUT2D eigenvalue weighted by atomic mass is 14.6. The Balaban J connectivity index is 0.000000150. The van der Waals surface area contributed by atoms with E-state index in [0.29, 0.717) is 12.6 Å². The molecule has 0 spiro atoms. The third-order valence-corrected chi connectivity index (χ3v) is 4.97. The van der Waals surface area contributed by atoms with Crippen LogP contribution in [0.2, 0.25) is 0 Å². The Morgan fingerprint density at radius 1 is 0.920 bits per heavy atom. The molecular formula is C23H28N2. The molecule has 2 heteroatoms. The van der Waals surface area contributed by atoms with Gasteiger partial charge in [0.05, 0.1) is 0 Å². The molecule has 0 bridgehead atoms. The van der Waals surface area contributed by atoms with Gasteiger partial charge in [0.2, 0.25) is 0 Å². The molecule has 130 valence electrons. The Labute approximate surface area is 151 Å². The number of fused-ring (bicyclic) bond motifs is 1. The minimum Gasteiger partial charge on any atom is -0.327 e. The molecule has 2 nitrogen and oxygen atoms in total. The number of hydrogen-bond donors (Lipinski definition) is 2. The van der Waals surface area contributed by atoms with Crippen LogP contribution in [0.3, 0.4) is 0 Å². The van der Waals surface area contributed by atoms with Crippen LogP contribution in [0.25, 0.3) is 5.57 Å². The van der Waals surface area contributed by atoms with E-state index in [2.05, 4.69) is 61.5 Å². The molecule has 2 aliphatic carbocycles. The Morgan fingerprint density at radius 3 is 2.36 bits per heavy atom. The van der Waals surface area contributed by atoms with Crippen molar-refractivity contribution in [3.63, 3.8) is 0 Å². The standard InChI is InChI=1S/C13H15N.C10H13N/c14-10-11-6-8-13(9-7-11)12-4-2-1-3-5-12;1-7-2-3-8-5-10(11)6-9(8)4-7/h1-6,8H,7,9-10,14H2;2-4,10H,5-6,11H2,1H3. The van der Waals surface area contributed by atoms with Gasteiger partial charge >= 0.3 is 0 Å². The van der Waals surface area contributed by atoms with E-state index in [0.717, 1.165) is 25.7 Å². The lowest BCUT2D eigenvalue weighted by atomic mass is 9.93. The van der Waals surface area contributed by atoms with E-state index < -0.39 is 0 Å². The van der Waals surface area contributed by atoms with Crippen LogP contribution in [-0.2, 0) is 12.8 Å². The molecule has 0 fully saturated rings. The average Bonchev–Trinajstić information content (AvgIpc) is 3.02. The summed E-state index contributed by atoms with van der Waals surface area (Å²) in [5.41, 5.74) is 19.8. The summed E-state index contributed by atoms with van der Waals surface area (Å²) in [5, 5.41) is 0. The number of aryl methyl sites for hydroxylation is 1. The third-order valence-electron chi connectivity index (χ3n) is 4.97. The fraction of sp³-hybridized carbons (Fsp3) is 0.304. The molecule has 0 saturated carbocycles. The van der Waals surface area contributed by atoms with Crippen LogP contribution in [0.15, 0.2) is 66.3 Å². The monoisotopic (exact) mass is 332 g/mol. The molecule has 0 aliphatic heterocycles. The van der Waals surface area contributed by atoms with Crippen molar-refractivity contribution in [2.75, 3.05) is 6.54 Å². The van der Waals surface area contributed by atoms with Gasteiger partial charge in [0.25, 0.3) is 0 Å². The number of rotatable bonds is 2. The Morgan fingerprint density at radius 2 is 1.68 bits per heavy atom. The molecule has 0 heterocycles. The largest absolute Gasteiger partial charge is 0.327 e. The van der Waals surface area contributed by atoms with Crippen molar-refractivity contribution in [3.8, 4) is 0 Å². The topological polar surface area (TPSA) is 52.0 Å². The molecule has 1 unspecified atom stereocenters. The Bertz CT molecular complexity index is 772.